The number of imide groups is 1. The molecule has 1 aliphatic heterocycles. The quantitative estimate of drug-likeness (QED) is 0.745. The molecule has 2 amide bonds. The third kappa shape index (κ3) is 1.82. The summed E-state index contributed by atoms with van der Waals surface area (Å²) >= 11 is 0. The fraction of sp³-hybridized carbons (Fsp3) is 0.500. The van der Waals surface area contributed by atoms with Gasteiger partial charge in [-0.15, -0.1) is 0 Å². The van der Waals surface area contributed by atoms with Crippen LogP contribution in [-0.4, -0.2) is 21.7 Å². The minimum absolute atomic E-state index is 0.00959. The SMILES string of the molecule is O=C1[C@H]2CCCC[C@H]2C(=O)N1Cc1ccccn1. The van der Waals surface area contributed by atoms with E-state index in [1.165, 1.54) is 4.90 Å². The summed E-state index contributed by atoms with van der Waals surface area (Å²) in [7, 11) is 0. The Morgan fingerprint density at radius 1 is 1.11 bits per heavy atom. The highest BCUT2D eigenvalue weighted by Crippen LogP contribution is 2.38. The molecular formula is C14H16N2O2. The maximum atomic E-state index is 12.2. The van der Waals surface area contributed by atoms with Gasteiger partial charge in [-0.2, -0.15) is 0 Å². The van der Waals surface area contributed by atoms with Crippen molar-refractivity contribution in [1.82, 2.24) is 9.88 Å². The maximum Gasteiger partial charge on any atom is 0.233 e. The summed E-state index contributed by atoms with van der Waals surface area (Å²) in [5.74, 6) is -0.101. The number of likely N-dealkylation sites (tertiary alicyclic amines) is 1. The third-order valence-corrected chi connectivity index (χ3v) is 3.98. The molecule has 2 atom stereocenters. The predicted octanol–water partition coefficient (Wildman–Crippen LogP) is 1.76. The van der Waals surface area contributed by atoms with Gasteiger partial charge in [0.2, 0.25) is 11.8 Å². The highest BCUT2D eigenvalue weighted by molar-refractivity contribution is 6.05. The van der Waals surface area contributed by atoms with Gasteiger partial charge in [-0.25, -0.2) is 0 Å². The standard InChI is InChI=1S/C14H16N2O2/c17-13-11-6-1-2-7-12(11)14(18)16(13)9-10-5-3-4-8-15-10/h3-5,8,11-12H,1-2,6-7,9H2/t11-,12+. The number of fused-ring (bicyclic) bond motifs is 1. The van der Waals surface area contributed by atoms with Gasteiger partial charge in [0, 0.05) is 6.20 Å². The van der Waals surface area contributed by atoms with E-state index < -0.39 is 0 Å². The molecular weight excluding hydrogens is 228 g/mol. The van der Waals surface area contributed by atoms with Crippen LogP contribution in [0.15, 0.2) is 24.4 Å². The molecule has 1 saturated carbocycles. The van der Waals surface area contributed by atoms with E-state index in [1.54, 1.807) is 6.20 Å². The van der Waals surface area contributed by atoms with Crippen LogP contribution >= 0.6 is 0 Å². The number of amides is 2. The molecule has 0 spiro atoms. The van der Waals surface area contributed by atoms with E-state index >= 15 is 0 Å². The van der Waals surface area contributed by atoms with Gasteiger partial charge < -0.3 is 0 Å². The molecule has 0 unspecified atom stereocenters. The van der Waals surface area contributed by atoms with Crippen LogP contribution in [0, 0.1) is 11.8 Å². The molecule has 4 nitrogen and oxygen atoms in total. The molecule has 0 N–H and O–H groups in total. The van der Waals surface area contributed by atoms with Crippen molar-refractivity contribution in [2.45, 2.75) is 32.2 Å². The van der Waals surface area contributed by atoms with Crippen LogP contribution in [0.25, 0.3) is 0 Å². The Morgan fingerprint density at radius 3 is 2.33 bits per heavy atom. The normalized spacial score (nSPS) is 27.4. The van der Waals surface area contributed by atoms with Crippen LogP contribution in [0.4, 0.5) is 0 Å². The van der Waals surface area contributed by atoms with Crippen molar-refractivity contribution >= 4 is 11.8 Å². The van der Waals surface area contributed by atoms with Gasteiger partial charge in [0.1, 0.15) is 0 Å². The molecule has 1 saturated heterocycles. The highest BCUT2D eigenvalue weighted by atomic mass is 16.2. The number of nitrogens with zero attached hydrogens (tertiary/aromatic N) is 2. The van der Waals surface area contributed by atoms with Crippen LogP contribution in [0.2, 0.25) is 0 Å². The van der Waals surface area contributed by atoms with Crippen molar-refractivity contribution in [3.8, 4) is 0 Å². The molecule has 2 heterocycles. The Kier molecular flexibility index (Phi) is 2.86. The first-order valence-corrected chi connectivity index (χ1v) is 6.52. The number of rotatable bonds is 2. The monoisotopic (exact) mass is 244 g/mol. The highest BCUT2D eigenvalue weighted by Gasteiger charge is 2.47. The van der Waals surface area contributed by atoms with Crippen molar-refractivity contribution in [1.29, 1.82) is 0 Å². The molecule has 4 heteroatoms. The van der Waals surface area contributed by atoms with Crippen molar-refractivity contribution in [2.75, 3.05) is 0 Å². The summed E-state index contributed by atoms with van der Waals surface area (Å²) in [5, 5.41) is 0. The number of aromatic nitrogens is 1. The summed E-state index contributed by atoms with van der Waals surface area (Å²) in [5.41, 5.74) is 0.776. The maximum absolute atomic E-state index is 12.2. The third-order valence-electron chi connectivity index (χ3n) is 3.98. The van der Waals surface area contributed by atoms with E-state index in [-0.39, 0.29) is 23.7 Å². The van der Waals surface area contributed by atoms with Crippen LogP contribution in [0.5, 0.6) is 0 Å². The average Bonchev–Trinajstić information content (AvgIpc) is 2.66. The van der Waals surface area contributed by atoms with Crippen LogP contribution in [0.1, 0.15) is 31.4 Å². The van der Waals surface area contributed by atoms with E-state index in [1.807, 2.05) is 18.2 Å². The molecule has 2 aliphatic rings. The first kappa shape index (κ1) is 11.4. The Hall–Kier alpha value is -1.71. The zero-order valence-corrected chi connectivity index (χ0v) is 10.2. The van der Waals surface area contributed by atoms with Crippen molar-refractivity contribution in [3.05, 3.63) is 30.1 Å². The summed E-state index contributed by atoms with van der Waals surface area (Å²) in [6.45, 7) is 0.325. The lowest BCUT2D eigenvalue weighted by Crippen LogP contribution is -2.30. The zero-order chi connectivity index (χ0) is 12.5. The van der Waals surface area contributed by atoms with E-state index in [9.17, 15) is 9.59 Å². The number of hydrogen-bond donors (Lipinski definition) is 0. The number of pyridine rings is 1. The fourth-order valence-electron chi connectivity index (χ4n) is 3.04. The molecule has 1 aliphatic carbocycles. The molecule has 3 rings (SSSR count). The Morgan fingerprint density at radius 2 is 1.78 bits per heavy atom. The lowest BCUT2D eigenvalue weighted by atomic mass is 9.81. The number of carbonyl (C=O) groups is 2. The van der Waals surface area contributed by atoms with Gasteiger partial charge in [0.05, 0.1) is 24.1 Å². The first-order valence-electron chi connectivity index (χ1n) is 6.52. The predicted molar refractivity (Wildman–Crippen MR) is 65.2 cm³/mol. The van der Waals surface area contributed by atoms with Crippen LogP contribution in [-0.2, 0) is 16.1 Å². The largest absolute Gasteiger partial charge is 0.276 e. The first-order chi connectivity index (χ1) is 8.77. The van der Waals surface area contributed by atoms with Crippen molar-refractivity contribution in [3.63, 3.8) is 0 Å². The minimum Gasteiger partial charge on any atom is -0.276 e. The summed E-state index contributed by atoms with van der Waals surface area (Å²) in [4.78, 5) is 30.1. The Bertz CT molecular complexity index is 448. The van der Waals surface area contributed by atoms with Gasteiger partial charge in [-0.3, -0.25) is 19.5 Å². The molecule has 94 valence electrons. The molecule has 1 aromatic heterocycles. The molecule has 0 aromatic carbocycles. The summed E-state index contributed by atoms with van der Waals surface area (Å²) in [6, 6.07) is 5.56. The van der Waals surface area contributed by atoms with Crippen LogP contribution < -0.4 is 0 Å². The topological polar surface area (TPSA) is 50.3 Å². The zero-order valence-electron chi connectivity index (χ0n) is 10.2. The van der Waals surface area contributed by atoms with Gasteiger partial charge >= 0.3 is 0 Å². The Balaban J connectivity index is 1.80. The Labute approximate surface area is 106 Å². The van der Waals surface area contributed by atoms with E-state index in [0.29, 0.717) is 6.54 Å². The van der Waals surface area contributed by atoms with Crippen LogP contribution in [0.3, 0.4) is 0 Å². The minimum atomic E-state index is -0.0602. The van der Waals surface area contributed by atoms with Crippen molar-refractivity contribution in [2.24, 2.45) is 11.8 Å². The summed E-state index contributed by atoms with van der Waals surface area (Å²) in [6.07, 6.45) is 5.56. The summed E-state index contributed by atoms with van der Waals surface area (Å²) < 4.78 is 0. The lowest BCUT2D eigenvalue weighted by molar-refractivity contribution is -0.140. The van der Waals surface area contributed by atoms with E-state index in [4.69, 9.17) is 0 Å². The number of hydrogen-bond acceptors (Lipinski definition) is 3. The molecule has 0 bridgehead atoms. The van der Waals surface area contributed by atoms with Crippen molar-refractivity contribution < 1.29 is 9.59 Å². The lowest BCUT2D eigenvalue weighted by Gasteiger charge is -2.19. The molecule has 18 heavy (non-hydrogen) atoms. The fourth-order valence-corrected chi connectivity index (χ4v) is 3.04. The second kappa shape index (κ2) is 4.52. The molecule has 2 fully saturated rings. The second-order valence-electron chi connectivity index (χ2n) is 5.08. The average molecular weight is 244 g/mol. The van der Waals surface area contributed by atoms with E-state index in [2.05, 4.69) is 4.98 Å². The molecule has 0 radical (unpaired) electrons. The van der Waals surface area contributed by atoms with Gasteiger partial charge in [-0.05, 0) is 25.0 Å². The second-order valence-corrected chi connectivity index (χ2v) is 5.08. The van der Waals surface area contributed by atoms with Gasteiger partial charge in [-0.1, -0.05) is 18.9 Å². The van der Waals surface area contributed by atoms with Gasteiger partial charge in [0.15, 0.2) is 0 Å². The molecule has 1 aromatic rings. The number of carbonyl (C=O) groups excluding carboxylic acids is 2. The van der Waals surface area contributed by atoms with E-state index in [0.717, 1.165) is 31.4 Å². The van der Waals surface area contributed by atoms with Gasteiger partial charge in [0.25, 0.3) is 0 Å². The smallest absolute Gasteiger partial charge is 0.233 e.